The predicted molar refractivity (Wildman–Crippen MR) is 131 cm³/mol. The minimum absolute atomic E-state index is 0.101. The summed E-state index contributed by atoms with van der Waals surface area (Å²) in [5.74, 6) is -0.0800. The molecule has 1 amide bonds. The fourth-order valence-electron chi connectivity index (χ4n) is 3.38. The van der Waals surface area contributed by atoms with Crippen LogP contribution in [-0.4, -0.2) is 34.8 Å². The lowest BCUT2D eigenvalue weighted by atomic mass is 10.1. The summed E-state index contributed by atoms with van der Waals surface area (Å²) in [5.41, 5.74) is 0.737. The Bertz CT molecular complexity index is 1390. The molecular formula is C24H22N4O3S2. The molecule has 7 nitrogen and oxygen atoms in total. The minimum Gasteiger partial charge on any atom is -0.325 e. The molecule has 0 fully saturated rings. The highest BCUT2D eigenvalue weighted by Crippen LogP contribution is 2.24. The molecule has 0 atom stereocenters. The van der Waals surface area contributed by atoms with Gasteiger partial charge in [-0.2, -0.15) is 0 Å². The van der Waals surface area contributed by atoms with Crippen molar-refractivity contribution in [2.24, 2.45) is 0 Å². The SMILES string of the molecule is C=CCn1c(CS(=O)(=O)c2ccccc2)nnc1SCC(=O)Nc1cccc2ccccc12. The van der Waals surface area contributed by atoms with Gasteiger partial charge in [-0.25, -0.2) is 8.42 Å². The smallest absolute Gasteiger partial charge is 0.234 e. The average Bonchev–Trinajstić information content (AvgIpc) is 3.19. The van der Waals surface area contributed by atoms with E-state index in [2.05, 4.69) is 22.1 Å². The fraction of sp³-hybridized carbons (Fsp3) is 0.125. The number of carbonyl (C=O) groups excluding carboxylic acids is 1. The number of fused-ring (bicyclic) bond motifs is 1. The molecule has 0 unspecified atom stereocenters. The van der Waals surface area contributed by atoms with Gasteiger partial charge in [0.2, 0.25) is 5.91 Å². The second-order valence-electron chi connectivity index (χ2n) is 7.23. The molecule has 0 aliphatic carbocycles. The second kappa shape index (κ2) is 10.0. The van der Waals surface area contributed by atoms with Gasteiger partial charge in [0.1, 0.15) is 11.6 Å². The Morgan fingerprint density at radius 3 is 2.52 bits per heavy atom. The van der Waals surface area contributed by atoms with Crippen LogP contribution in [0.1, 0.15) is 5.82 Å². The van der Waals surface area contributed by atoms with Crippen LogP contribution in [-0.2, 0) is 26.9 Å². The summed E-state index contributed by atoms with van der Waals surface area (Å²) in [5, 5.41) is 13.6. The number of carbonyl (C=O) groups is 1. The van der Waals surface area contributed by atoms with Crippen LogP contribution in [0.2, 0.25) is 0 Å². The zero-order valence-corrected chi connectivity index (χ0v) is 19.3. The Kier molecular flexibility index (Phi) is 6.90. The van der Waals surface area contributed by atoms with Gasteiger partial charge in [-0.15, -0.1) is 16.8 Å². The van der Waals surface area contributed by atoms with Gasteiger partial charge in [-0.05, 0) is 23.6 Å². The molecule has 4 rings (SSSR count). The van der Waals surface area contributed by atoms with E-state index in [1.54, 1.807) is 41.0 Å². The number of sulfone groups is 1. The van der Waals surface area contributed by atoms with Crippen molar-refractivity contribution < 1.29 is 13.2 Å². The molecule has 4 aromatic rings. The summed E-state index contributed by atoms with van der Waals surface area (Å²) in [4.78, 5) is 12.8. The summed E-state index contributed by atoms with van der Waals surface area (Å²) in [6.45, 7) is 4.07. The van der Waals surface area contributed by atoms with Gasteiger partial charge >= 0.3 is 0 Å². The maximum Gasteiger partial charge on any atom is 0.234 e. The first-order chi connectivity index (χ1) is 16.0. The molecule has 3 aromatic carbocycles. The number of nitrogens with zero attached hydrogens (tertiary/aromatic N) is 3. The van der Waals surface area contributed by atoms with Gasteiger partial charge in [0.25, 0.3) is 0 Å². The van der Waals surface area contributed by atoms with Crippen LogP contribution in [0.5, 0.6) is 0 Å². The normalized spacial score (nSPS) is 11.4. The predicted octanol–water partition coefficient (Wildman–Crippen LogP) is 4.32. The van der Waals surface area contributed by atoms with Crippen molar-refractivity contribution in [1.29, 1.82) is 0 Å². The van der Waals surface area contributed by atoms with E-state index in [1.165, 1.54) is 11.8 Å². The molecule has 1 aromatic heterocycles. The van der Waals surface area contributed by atoms with Crippen LogP contribution in [0.3, 0.4) is 0 Å². The standard InChI is InChI=1S/C24H22N4O3S2/c1-2-15-28-22(17-33(30,31)19-11-4-3-5-12-19)26-27-24(28)32-16-23(29)25-21-14-8-10-18-9-6-7-13-20(18)21/h2-14H,1,15-17H2,(H,25,29). The van der Waals surface area contributed by atoms with Gasteiger partial charge in [0.05, 0.1) is 10.6 Å². The lowest BCUT2D eigenvalue weighted by Crippen LogP contribution is -2.15. The number of aromatic nitrogens is 3. The molecule has 0 radical (unpaired) electrons. The second-order valence-corrected chi connectivity index (χ2v) is 10.2. The molecule has 0 aliphatic rings. The van der Waals surface area contributed by atoms with Crippen molar-refractivity contribution in [1.82, 2.24) is 14.8 Å². The molecule has 0 spiro atoms. The highest BCUT2D eigenvalue weighted by molar-refractivity contribution is 7.99. The molecular weight excluding hydrogens is 456 g/mol. The quantitative estimate of drug-likeness (QED) is 0.284. The van der Waals surface area contributed by atoms with Gasteiger partial charge in [0, 0.05) is 17.6 Å². The molecule has 9 heteroatoms. The molecule has 1 N–H and O–H groups in total. The number of amides is 1. The van der Waals surface area contributed by atoms with E-state index in [4.69, 9.17) is 0 Å². The molecule has 33 heavy (non-hydrogen) atoms. The highest BCUT2D eigenvalue weighted by Gasteiger charge is 2.21. The van der Waals surface area contributed by atoms with E-state index in [9.17, 15) is 13.2 Å². The lowest BCUT2D eigenvalue weighted by molar-refractivity contribution is -0.113. The zero-order valence-electron chi connectivity index (χ0n) is 17.7. The number of hydrogen-bond acceptors (Lipinski definition) is 6. The average molecular weight is 479 g/mol. The van der Waals surface area contributed by atoms with Crippen molar-refractivity contribution in [2.75, 3.05) is 11.1 Å². The Morgan fingerprint density at radius 1 is 1.00 bits per heavy atom. The van der Waals surface area contributed by atoms with Crippen LogP contribution in [0.4, 0.5) is 5.69 Å². The molecule has 0 saturated carbocycles. The monoisotopic (exact) mass is 478 g/mol. The number of rotatable bonds is 9. The third kappa shape index (κ3) is 5.32. The van der Waals surface area contributed by atoms with E-state index in [0.717, 1.165) is 16.5 Å². The van der Waals surface area contributed by atoms with Gasteiger partial charge < -0.3 is 9.88 Å². The maximum atomic E-state index is 12.8. The van der Waals surface area contributed by atoms with Crippen molar-refractivity contribution in [3.05, 3.63) is 91.3 Å². The molecule has 0 bridgehead atoms. The van der Waals surface area contributed by atoms with E-state index >= 15 is 0 Å². The highest BCUT2D eigenvalue weighted by atomic mass is 32.2. The minimum atomic E-state index is -3.58. The van der Waals surface area contributed by atoms with Gasteiger partial charge in [0.15, 0.2) is 15.0 Å². The Hall–Kier alpha value is -3.43. The van der Waals surface area contributed by atoms with Crippen LogP contribution < -0.4 is 5.32 Å². The number of anilines is 1. The summed E-state index contributed by atoms with van der Waals surface area (Å²) in [7, 11) is -3.58. The first kappa shape index (κ1) is 22.8. The number of nitrogens with one attached hydrogen (secondary N) is 1. The fourth-order valence-corrected chi connectivity index (χ4v) is 5.44. The Labute approximate surface area is 196 Å². The molecule has 0 aliphatic heterocycles. The van der Waals surface area contributed by atoms with Gasteiger partial charge in [-0.3, -0.25) is 4.79 Å². The number of thioether (sulfide) groups is 1. The maximum absolute atomic E-state index is 12.8. The van der Waals surface area contributed by atoms with Crippen molar-refractivity contribution in [2.45, 2.75) is 22.3 Å². The summed E-state index contributed by atoms with van der Waals surface area (Å²) < 4.78 is 27.2. The summed E-state index contributed by atoms with van der Waals surface area (Å²) in [6.07, 6.45) is 1.64. The van der Waals surface area contributed by atoms with Gasteiger partial charge in [-0.1, -0.05) is 72.4 Å². The van der Waals surface area contributed by atoms with Crippen LogP contribution in [0.15, 0.2) is 95.5 Å². The Morgan fingerprint density at radius 2 is 1.73 bits per heavy atom. The third-order valence-corrected chi connectivity index (χ3v) is 7.52. The van der Waals surface area contributed by atoms with E-state index in [1.807, 2.05) is 42.5 Å². The lowest BCUT2D eigenvalue weighted by Gasteiger charge is -2.10. The van der Waals surface area contributed by atoms with Crippen LogP contribution in [0.25, 0.3) is 10.8 Å². The first-order valence-corrected chi connectivity index (χ1v) is 12.8. The largest absolute Gasteiger partial charge is 0.325 e. The van der Waals surface area contributed by atoms with Crippen molar-refractivity contribution >= 4 is 44.0 Å². The Balaban J connectivity index is 1.47. The van der Waals surface area contributed by atoms with Crippen molar-refractivity contribution in [3.63, 3.8) is 0 Å². The molecule has 1 heterocycles. The van der Waals surface area contributed by atoms with Crippen LogP contribution >= 0.6 is 11.8 Å². The summed E-state index contributed by atoms with van der Waals surface area (Å²) >= 11 is 1.20. The zero-order chi connectivity index (χ0) is 23.3. The van der Waals surface area contributed by atoms with E-state index < -0.39 is 9.84 Å². The number of hydrogen-bond donors (Lipinski definition) is 1. The van der Waals surface area contributed by atoms with E-state index in [-0.39, 0.29) is 22.3 Å². The molecule has 168 valence electrons. The van der Waals surface area contributed by atoms with E-state index in [0.29, 0.717) is 17.5 Å². The third-order valence-electron chi connectivity index (χ3n) is 4.92. The topological polar surface area (TPSA) is 93.9 Å². The van der Waals surface area contributed by atoms with Crippen molar-refractivity contribution in [3.8, 4) is 0 Å². The molecule has 0 saturated heterocycles. The number of allylic oxidation sites excluding steroid dienone is 1. The summed E-state index contributed by atoms with van der Waals surface area (Å²) in [6, 6.07) is 21.8. The first-order valence-electron chi connectivity index (χ1n) is 10.2. The van der Waals surface area contributed by atoms with Crippen LogP contribution in [0, 0.1) is 0 Å². The number of benzene rings is 3.